The molecule has 6 atom stereocenters. The fraction of sp³-hybridized carbons (Fsp3) is 0.857. The van der Waals surface area contributed by atoms with Crippen molar-refractivity contribution in [3.63, 3.8) is 0 Å². The summed E-state index contributed by atoms with van der Waals surface area (Å²) in [5.41, 5.74) is 2.03. The fourth-order valence-corrected chi connectivity index (χ4v) is 6.55. The number of rotatable bonds is 2. The molecule has 0 spiro atoms. The Bertz CT molecular complexity index is 463. The third kappa shape index (κ3) is 2.49. The zero-order valence-corrected chi connectivity index (χ0v) is 15.0. The molecule has 1 nitrogen and oxygen atoms in total. The monoisotopic (exact) mass is 302 g/mol. The van der Waals surface area contributed by atoms with Crippen LogP contribution in [0, 0.1) is 35.0 Å². The number of hydrogen-bond acceptors (Lipinski definition) is 1. The maximum Gasteiger partial charge on any atom is 0.133 e. The first-order valence-electron chi connectivity index (χ1n) is 9.66. The largest absolute Gasteiger partial charge is 0.300 e. The van der Waals surface area contributed by atoms with Gasteiger partial charge in [-0.3, -0.25) is 4.79 Å². The average molecular weight is 303 g/mol. The summed E-state index contributed by atoms with van der Waals surface area (Å²) in [6.07, 6.45) is 12.1. The SMILES string of the molecule is C/C=C(/C)C1(C)CCC2C3CCC(=O)CC3CCC2C1CC. The maximum absolute atomic E-state index is 11.8. The van der Waals surface area contributed by atoms with Gasteiger partial charge in [0.05, 0.1) is 0 Å². The minimum Gasteiger partial charge on any atom is -0.300 e. The third-order valence-corrected chi connectivity index (χ3v) is 7.93. The Labute approximate surface area is 136 Å². The van der Waals surface area contributed by atoms with Crippen molar-refractivity contribution in [1.29, 1.82) is 0 Å². The molecule has 0 saturated heterocycles. The Morgan fingerprint density at radius 2 is 1.95 bits per heavy atom. The molecule has 3 fully saturated rings. The smallest absolute Gasteiger partial charge is 0.133 e. The van der Waals surface area contributed by atoms with E-state index in [2.05, 4.69) is 33.8 Å². The van der Waals surface area contributed by atoms with E-state index < -0.39 is 0 Å². The molecule has 0 radical (unpaired) electrons. The van der Waals surface area contributed by atoms with Crippen LogP contribution in [0.25, 0.3) is 0 Å². The standard InChI is InChI=1S/C21H34O/c1-5-14(3)21(4)12-11-18-17-10-8-16(22)13-15(17)7-9-19(18)20(21)6-2/h5,15,17-20H,6-13H2,1-4H3/b14-5-. The highest BCUT2D eigenvalue weighted by atomic mass is 16.1. The lowest BCUT2D eigenvalue weighted by Gasteiger charge is -2.56. The van der Waals surface area contributed by atoms with E-state index in [1.165, 1.54) is 38.5 Å². The molecule has 6 unspecified atom stereocenters. The molecule has 0 aromatic carbocycles. The first-order chi connectivity index (χ1) is 10.5. The van der Waals surface area contributed by atoms with Gasteiger partial charge in [0.2, 0.25) is 0 Å². The van der Waals surface area contributed by atoms with Gasteiger partial charge in [-0.2, -0.15) is 0 Å². The molecule has 22 heavy (non-hydrogen) atoms. The van der Waals surface area contributed by atoms with E-state index >= 15 is 0 Å². The van der Waals surface area contributed by atoms with Gasteiger partial charge >= 0.3 is 0 Å². The Kier molecular flexibility index (Phi) is 4.54. The molecular formula is C21H34O. The normalized spacial score (nSPS) is 46.1. The van der Waals surface area contributed by atoms with E-state index in [1.54, 1.807) is 5.57 Å². The van der Waals surface area contributed by atoms with Gasteiger partial charge in [0.25, 0.3) is 0 Å². The predicted molar refractivity (Wildman–Crippen MR) is 92.6 cm³/mol. The van der Waals surface area contributed by atoms with Crippen LogP contribution in [-0.4, -0.2) is 5.78 Å². The Hall–Kier alpha value is -0.590. The van der Waals surface area contributed by atoms with Crippen LogP contribution in [0.15, 0.2) is 11.6 Å². The molecule has 0 aromatic rings. The predicted octanol–water partition coefficient (Wildman–Crippen LogP) is 5.79. The van der Waals surface area contributed by atoms with Crippen LogP contribution >= 0.6 is 0 Å². The Morgan fingerprint density at radius 1 is 1.18 bits per heavy atom. The minimum absolute atomic E-state index is 0.419. The first-order valence-corrected chi connectivity index (χ1v) is 9.66. The van der Waals surface area contributed by atoms with Crippen LogP contribution in [0.1, 0.15) is 79.1 Å². The van der Waals surface area contributed by atoms with Gasteiger partial charge in [0.15, 0.2) is 0 Å². The number of hydrogen-bond donors (Lipinski definition) is 0. The quantitative estimate of drug-likeness (QED) is 0.590. The van der Waals surface area contributed by atoms with E-state index in [0.29, 0.717) is 11.2 Å². The van der Waals surface area contributed by atoms with Crippen molar-refractivity contribution in [2.45, 2.75) is 79.1 Å². The minimum atomic E-state index is 0.419. The van der Waals surface area contributed by atoms with Gasteiger partial charge < -0.3 is 0 Å². The van der Waals surface area contributed by atoms with Gasteiger partial charge in [-0.15, -0.1) is 0 Å². The van der Waals surface area contributed by atoms with E-state index in [9.17, 15) is 4.79 Å². The number of fused-ring (bicyclic) bond motifs is 3. The van der Waals surface area contributed by atoms with Crippen molar-refractivity contribution in [3.05, 3.63) is 11.6 Å². The van der Waals surface area contributed by atoms with Crippen molar-refractivity contribution in [2.24, 2.45) is 35.0 Å². The van der Waals surface area contributed by atoms with Crippen LogP contribution in [0.5, 0.6) is 0 Å². The number of Topliss-reactive ketones (excluding diaryl/α,β-unsaturated/α-hetero) is 1. The third-order valence-electron chi connectivity index (χ3n) is 7.93. The van der Waals surface area contributed by atoms with Crippen molar-refractivity contribution >= 4 is 5.78 Å². The highest BCUT2D eigenvalue weighted by Gasteiger charge is 2.51. The van der Waals surface area contributed by atoms with Gasteiger partial charge in [-0.25, -0.2) is 0 Å². The van der Waals surface area contributed by atoms with Crippen molar-refractivity contribution in [2.75, 3.05) is 0 Å². The lowest BCUT2D eigenvalue weighted by atomic mass is 9.48. The van der Waals surface area contributed by atoms with Gasteiger partial charge in [0, 0.05) is 12.8 Å². The summed E-state index contributed by atoms with van der Waals surface area (Å²) >= 11 is 0. The van der Waals surface area contributed by atoms with Crippen molar-refractivity contribution in [3.8, 4) is 0 Å². The number of carbonyl (C=O) groups is 1. The zero-order chi connectivity index (χ0) is 15.9. The zero-order valence-electron chi connectivity index (χ0n) is 15.0. The first kappa shape index (κ1) is 16.3. The molecule has 0 bridgehead atoms. The molecule has 0 aliphatic heterocycles. The fourth-order valence-electron chi connectivity index (χ4n) is 6.55. The Morgan fingerprint density at radius 3 is 2.64 bits per heavy atom. The molecule has 3 aliphatic carbocycles. The van der Waals surface area contributed by atoms with Crippen molar-refractivity contribution < 1.29 is 4.79 Å². The molecular weight excluding hydrogens is 268 g/mol. The van der Waals surface area contributed by atoms with E-state index in [-0.39, 0.29) is 0 Å². The average Bonchev–Trinajstić information content (AvgIpc) is 2.53. The molecule has 3 rings (SSSR count). The van der Waals surface area contributed by atoms with Crippen LogP contribution < -0.4 is 0 Å². The van der Waals surface area contributed by atoms with Crippen LogP contribution in [0.3, 0.4) is 0 Å². The summed E-state index contributed by atoms with van der Waals surface area (Å²) in [5.74, 6) is 4.80. The molecule has 0 heterocycles. The van der Waals surface area contributed by atoms with Gasteiger partial charge in [-0.05, 0) is 81.0 Å². The summed E-state index contributed by atoms with van der Waals surface area (Å²) in [6.45, 7) is 9.50. The summed E-state index contributed by atoms with van der Waals surface area (Å²) < 4.78 is 0. The lowest BCUT2D eigenvalue weighted by molar-refractivity contribution is -0.127. The topological polar surface area (TPSA) is 17.1 Å². The van der Waals surface area contributed by atoms with Gasteiger partial charge in [-0.1, -0.05) is 31.9 Å². The highest BCUT2D eigenvalue weighted by molar-refractivity contribution is 5.79. The van der Waals surface area contributed by atoms with Gasteiger partial charge in [0.1, 0.15) is 5.78 Å². The van der Waals surface area contributed by atoms with E-state index in [1.807, 2.05) is 0 Å². The van der Waals surface area contributed by atoms with E-state index in [4.69, 9.17) is 0 Å². The second-order valence-corrected chi connectivity index (χ2v) is 8.55. The van der Waals surface area contributed by atoms with Crippen LogP contribution in [-0.2, 0) is 4.79 Å². The molecule has 3 saturated carbocycles. The second kappa shape index (κ2) is 6.13. The van der Waals surface area contributed by atoms with E-state index in [0.717, 1.165) is 42.4 Å². The lowest BCUT2D eigenvalue weighted by Crippen LogP contribution is -2.49. The number of ketones is 1. The molecule has 0 aromatic heterocycles. The molecule has 0 N–H and O–H groups in total. The van der Waals surface area contributed by atoms with Crippen LogP contribution in [0.4, 0.5) is 0 Å². The summed E-state index contributed by atoms with van der Waals surface area (Å²) in [7, 11) is 0. The molecule has 124 valence electrons. The molecule has 1 heteroatoms. The van der Waals surface area contributed by atoms with Crippen molar-refractivity contribution in [1.82, 2.24) is 0 Å². The molecule has 3 aliphatic rings. The number of allylic oxidation sites excluding steroid dienone is 2. The second-order valence-electron chi connectivity index (χ2n) is 8.55. The number of carbonyl (C=O) groups excluding carboxylic acids is 1. The Balaban J connectivity index is 1.84. The van der Waals surface area contributed by atoms with Crippen LogP contribution in [0.2, 0.25) is 0 Å². The summed E-state index contributed by atoms with van der Waals surface area (Å²) in [4.78, 5) is 11.8. The maximum atomic E-state index is 11.8. The summed E-state index contributed by atoms with van der Waals surface area (Å²) in [5, 5.41) is 0. The summed E-state index contributed by atoms with van der Waals surface area (Å²) in [6, 6.07) is 0. The highest BCUT2D eigenvalue weighted by Crippen LogP contribution is 2.59. The molecule has 0 amide bonds.